The number of nitrogens with zero attached hydrogens (tertiary/aromatic N) is 4. The van der Waals surface area contributed by atoms with Gasteiger partial charge in [-0.25, -0.2) is 14.8 Å². The van der Waals surface area contributed by atoms with Crippen molar-refractivity contribution < 1.29 is 9.90 Å². The molecule has 0 unspecified atom stereocenters. The largest absolute Gasteiger partial charge is 0.478 e. The molecule has 0 atom stereocenters. The van der Waals surface area contributed by atoms with E-state index >= 15 is 0 Å². The fraction of sp³-hybridized carbons (Fsp3) is 0. The Morgan fingerprint density at radius 3 is 2.94 bits per heavy atom. The number of aromatic carboxylic acids is 1. The third-order valence-corrected chi connectivity index (χ3v) is 2.62. The summed E-state index contributed by atoms with van der Waals surface area (Å²) in [5.74, 6) is -0.488. The van der Waals surface area contributed by atoms with E-state index < -0.39 is 5.97 Å². The molecule has 18 heavy (non-hydrogen) atoms. The predicted octanol–water partition coefficient (Wildman–Crippen LogP) is 1.49. The standard InChI is InChI=1S/C12H8N4O2/c17-11(18)9-6-13-4-2-8(9)10-7-15-12-14-3-1-5-16(10)12/h1-7H,(H,17,18). The first kappa shape index (κ1) is 10.4. The van der Waals surface area contributed by atoms with Crippen molar-refractivity contribution in [1.29, 1.82) is 0 Å². The minimum absolute atomic E-state index is 0.142. The van der Waals surface area contributed by atoms with Gasteiger partial charge in [-0.05, 0) is 12.1 Å². The maximum absolute atomic E-state index is 11.2. The Labute approximate surface area is 102 Å². The molecule has 0 spiro atoms. The monoisotopic (exact) mass is 240 g/mol. The molecule has 0 fully saturated rings. The molecule has 0 aromatic carbocycles. The molecule has 1 N–H and O–H groups in total. The molecule has 3 aromatic rings. The first-order valence-corrected chi connectivity index (χ1v) is 5.23. The van der Waals surface area contributed by atoms with Crippen molar-refractivity contribution in [2.75, 3.05) is 0 Å². The number of rotatable bonds is 2. The van der Waals surface area contributed by atoms with Crippen LogP contribution in [-0.2, 0) is 0 Å². The fourth-order valence-corrected chi connectivity index (χ4v) is 1.82. The van der Waals surface area contributed by atoms with Crippen LogP contribution in [0.4, 0.5) is 0 Å². The van der Waals surface area contributed by atoms with E-state index in [0.29, 0.717) is 17.0 Å². The molecular weight excluding hydrogens is 232 g/mol. The van der Waals surface area contributed by atoms with Gasteiger partial charge in [-0.3, -0.25) is 9.38 Å². The SMILES string of the molecule is O=C(O)c1cnccc1-c1cnc2ncccn12. The average molecular weight is 240 g/mol. The summed E-state index contributed by atoms with van der Waals surface area (Å²) < 4.78 is 1.74. The van der Waals surface area contributed by atoms with E-state index in [1.807, 2.05) is 0 Å². The Balaban J connectivity index is 2.30. The van der Waals surface area contributed by atoms with Gasteiger partial charge in [0.15, 0.2) is 0 Å². The van der Waals surface area contributed by atoms with Crippen LogP contribution in [0.1, 0.15) is 10.4 Å². The van der Waals surface area contributed by atoms with Crippen LogP contribution in [-0.4, -0.2) is 30.4 Å². The van der Waals surface area contributed by atoms with E-state index in [4.69, 9.17) is 5.11 Å². The second-order valence-electron chi connectivity index (χ2n) is 3.66. The average Bonchev–Trinajstić information content (AvgIpc) is 2.82. The van der Waals surface area contributed by atoms with E-state index in [2.05, 4.69) is 15.0 Å². The molecule has 6 nitrogen and oxygen atoms in total. The Hall–Kier alpha value is -2.76. The summed E-state index contributed by atoms with van der Waals surface area (Å²) >= 11 is 0. The summed E-state index contributed by atoms with van der Waals surface area (Å²) in [6.07, 6.45) is 7.91. The first-order chi connectivity index (χ1) is 8.77. The second kappa shape index (κ2) is 3.92. The van der Waals surface area contributed by atoms with Crippen molar-refractivity contribution in [2.24, 2.45) is 0 Å². The van der Waals surface area contributed by atoms with Gasteiger partial charge in [0.1, 0.15) is 0 Å². The third kappa shape index (κ3) is 1.51. The number of carboxylic acid groups (broad SMARTS) is 1. The van der Waals surface area contributed by atoms with E-state index in [9.17, 15) is 4.79 Å². The van der Waals surface area contributed by atoms with Crippen molar-refractivity contribution in [3.8, 4) is 11.3 Å². The minimum atomic E-state index is -1.02. The highest BCUT2D eigenvalue weighted by Crippen LogP contribution is 2.23. The van der Waals surface area contributed by atoms with Gasteiger partial charge in [0, 0.05) is 30.4 Å². The number of fused-ring (bicyclic) bond motifs is 1. The van der Waals surface area contributed by atoms with Crippen LogP contribution in [0, 0.1) is 0 Å². The molecule has 0 saturated heterocycles. The molecule has 0 aliphatic carbocycles. The number of imidazole rings is 1. The van der Waals surface area contributed by atoms with Crippen molar-refractivity contribution in [1.82, 2.24) is 19.4 Å². The van der Waals surface area contributed by atoms with Crippen LogP contribution in [0.5, 0.6) is 0 Å². The summed E-state index contributed by atoms with van der Waals surface area (Å²) in [5, 5.41) is 9.15. The topological polar surface area (TPSA) is 80.4 Å². The van der Waals surface area contributed by atoms with E-state index in [0.717, 1.165) is 0 Å². The Morgan fingerprint density at radius 1 is 1.22 bits per heavy atom. The third-order valence-electron chi connectivity index (χ3n) is 2.62. The Kier molecular flexibility index (Phi) is 2.26. The van der Waals surface area contributed by atoms with Crippen LogP contribution < -0.4 is 0 Å². The van der Waals surface area contributed by atoms with Gasteiger partial charge in [0.2, 0.25) is 5.78 Å². The summed E-state index contributed by atoms with van der Waals surface area (Å²) in [5.41, 5.74) is 1.39. The summed E-state index contributed by atoms with van der Waals surface area (Å²) in [6, 6.07) is 3.42. The lowest BCUT2D eigenvalue weighted by molar-refractivity contribution is 0.0697. The van der Waals surface area contributed by atoms with Gasteiger partial charge in [-0.1, -0.05) is 0 Å². The van der Waals surface area contributed by atoms with Crippen LogP contribution in [0.2, 0.25) is 0 Å². The molecule has 0 amide bonds. The maximum Gasteiger partial charge on any atom is 0.337 e. The number of carboxylic acids is 1. The molecule has 0 saturated carbocycles. The minimum Gasteiger partial charge on any atom is -0.478 e. The number of hydrogen-bond acceptors (Lipinski definition) is 4. The zero-order chi connectivity index (χ0) is 12.5. The zero-order valence-electron chi connectivity index (χ0n) is 9.19. The van der Waals surface area contributed by atoms with Crippen molar-refractivity contribution in [2.45, 2.75) is 0 Å². The van der Waals surface area contributed by atoms with Gasteiger partial charge < -0.3 is 5.11 Å². The van der Waals surface area contributed by atoms with Crippen LogP contribution in [0.25, 0.3) is 17.0 Å². The molecule has 3 heterocycles. The van der Waals surface area contributed by atoms with Crippen molar-refractivity contribution in [3.63, 3.8) is 0 Å². The lowest BCUT2D eigenvalue weighted by Gasteiger charge is -2.04. The van der Waals surface area contributed by atoms with Crippen molar-refractivity contribution >= 4 is 11.7 Å². The lowest BCUT2D eigenvalue weighted by atomic mass is 10.1. The zero-order valence-corrected chi connectivity index (χ0v) is 9.19. The van der Waals surface area contributed by atoms with Gasteiger partial charge in [0.05, 0.1) is 17.5 Å². The number of carbonyl (C=O) groups is 1. The van der Waals surface area contributed by atoms with E-state index in [1.54, 1.807) is 41.3 Å². The summed E-state index contributed by atoms with van der Waals surface area (Å²) in [6.45, 7) is 0. The Bertz CT molecular complexity index is 736. The summed E-state index contributed by atoms with van der Waals surface area (Å²) in [7, 11) is 0. The van der Waals surface area contributed by atoms with Crippen LogP contribution in [0.15, 0.2) is 43.1 Å². The molecule has 0 aliphatic heterocycles. The van der Waals surface area contributed by atoms with E-state index in [1.165, 1.54) is 6.20 Å². The highest BCUT2D eigenvalue weighted by atomic mass is 16.4. The van der Waals surface area contributed by atoms with Crippen molar-refractivity contribution in [3.05, 3.63) is 48.7 Å². The van der Waals surface area contributed by atoms with Crippen LogP contribution >= 0.6 is 0 Å². The van der Waals surface area contributed by atoms with Gasteiger partial charge >= 0.3 is 5.97 Å². The summed E-state index contributed by atoms with van der Waals surface area (Å²) in [4.78, 5) is 23.2. The van der Waals surface area contributed by atoms with Gasteiger partial charge in [0.25, 0.3) is 0 Å². The normalized spacial score (nSPS) is 10.7. The van der Waals surface area contributed by atoms with Gasteiger partial charge in [-0.15, -0.1) is 0 Å². The van der Waals surface area contributed by atoms with Crippen LogP contribution in [0.3, 0.4) is 0 Å². The quantitative estimate of drug-likeness (QED) is 0.734. The lowest BCUT2D eigenvalue weighted by Crippen LogP contribution is -2.01. The molecule has 6 heteroatoms. The highest BCUT2D eigenvalue weighted by Gasteiger charge is 2.14. The highest BCUT2D eigenvalue weighted by molar-refractivity contribution is 5.95. The second-order valence-corrected chi connectivity index (χ2v) is 3.66. The number of pyridine rings is 1. The number of aromatic nitrogens is 4. The molecule has 0 aliphatic rings. The van der Waals surface area contributed by atoms with Gasteiger partial charge in [-0.2, -0.15) is 0 Å². The first-order valence-electron chi connectivity index (χ1n) is 5.23. The molecule has 3 rings (SSSR count). The molecule has 0 radical (unpaired) electrons. The smallest absolute Gasteiger partial charge is 0.337 e. The maximum atomic E-state index is 11.2. The predicted molar refractivity (Wildman–Crippen MR) is 63.2 cm³/mol. The molecular formula is C12H8N4O2. The number of hydrogen-bond donors (Lipinski definition) is 1. The fourth-order valence-electron chi connectivity index (χ4n) is 1.82. The molecule has 0 bridgehead atoms. The molecule has 88 valence electrons. The molecule has 3 aromatic heterocycles. The Morgan fingerprint density at radius 2 is 2.11 bits per heavy atom. The van der Waals surface area contributed by atoms with E-state index in [-0.39, 0.29) is 5.56 Å².